The zero-order valence-electron chi connectivity index (χ0n) is 19.7. The van der Waals surface area contributed by atoms with Gasteiger partial charge in [-0.3, -0.25) is 4.79 Å². The molecule has 1 amide bonds. The molecule has 0 spiro atoms. The first-order valence-corrected chi connectivity index (χ1v) is 13.5. The number of sulfonamides is 1. The third-order valence-electron chi connectivity index (χ3n) is 6.42. The van der Waals surface area contributed by atoms with Crippen molar-refractivity contribution in [3.8, 4) is 11.1 Å². The number of carbonyl (C=O) groups excluding carboxylic acids is 1. The fourth-order valence-corrected chi connectivity index (χ4v) is 6.10. The smallest absolute Gasteiger partial charge is 0.256 e. The molecule has 0 aromatic heterocycles. The summed E-state index contributed by atoms with van der Waals surface area (Å²) >= 11 is 6.05. The summed E-state index contributed by atoms with van der Waals surface area (Å²) in [6.07, 6.45) is 1.17. The highest BCUT2D eigenvalue weighted by Gasteiger charge is 2.27. The molecule has 4 aromatic carbocycles. The van der Waals surface area contributed by atoms with Crippen molar-refractivity contribution in [3.63, 3.8) is 0 Å². The minimum atomic E-state index is -3.59. The number of carbonyl (C=O) groups is 1. The zero-order chi connectivity index (χ0) is 25.3. The summed E-state index contributed by atoms with van der Waals surface area (Å²) in [5.41, 5.74) is 6.13. The van der Waals surface area contributed by atoms with E-state index in [1.165, 1.54) is 0 Å². The third kappa shape index (κ3) is 5.07. The molecule has 1 atom stereocenters. The minimum Gasteiger partial charge on any atom is -0.322 e. The molecule has 0 heterocycles. The van der Waals surface area contributed by atoms with Crippen molar-refractivity contribution >= 4 is 33.2 Å². The van der Waals surface area contributed by atoms with Gasteiger partial charge in [0.15, 0.2) is 0 Å². The van der Waals surface area contributed by atoms with E-state index in [1.807, 2.05) is 67.6 Å². The molecule has 36 heavy (non-hydrogen) atoms. The van der Waals surface area contributed by atoms with Crippen LogP contribution in [-0.2, 0) is 22.9 Å². The Kier molecular flexibility index (Phi) is 6.67. The molecular formula is C29H25ClN2O3S. The monoisotopic (exact) mass is 516 g/mol. The molecule has 5 nitrogen and oxygen atoms in total. The van der Waals surface area contributed by atoms with Crippen molar-refractivity contribution in [3.05, 3.63) is 118 Å². The fourth-order valence-electron chi connectivity index (χ4n) is 4.72. The van der Waals surface area contributed by atoms with E-state index in [0.717, 1.165) is 27.8 Å². The lowest BCUT2D eigenvalue weighted by Crippen LogP contribution is -2.35. The first-order chi connectivity index (χ1) is 17.3. The van der Waals surface area contributed by atoms with Gasteiger partial charge in [0.25, 0.3) is 5.91 Å². The van der Waals surface area contributed by atoms with Gasteiger partial charge in [-0.25, -0.2) is 13.1 Å². The molecule has 2 N–H and O–H groups in total. The highest BCUT2D eigenvalue weighted by atomic mass is 35.5. The summed E-state index contributed by atoms with van der Waals surface area (Å²) in [4.78, 5) is 13.6. The van der Waals surface area contributed by atoms with E-state index in [-0.39, 0.29) is 16.8 Å². The van der Waals surface area contributed by atoms with E-state index in [0.29, 0.717) is 29.1 Å². The topological polar surface area (TPSA) is 75.3 Å². The van der Waals surface area contributed by atoms with Crippen molar-refractivity contribution in [1.82, 2.24) is 4.72 Å². The summed E-state index contributed by atoms with van der Waals surface area (Å²) in [7, 11) is -3.59. The molecule has 7 heteroatoms. The van der Waals surface area contributed by atoms with Crippen LogP contribution >= 0.6 is 11.6 Å². The van der Waals surface area contributed by atoms with Crippen LogP contribution in [-0.4, -0.2) is 20.4 Å². The normalized spacial score (nSPS) is 14.9. The van der Waals surface area contributed by atoms with Crippen LogP contribution in [0, 0.1) is 6.92 Å². The van der Waals surface area contributed by atoms with Crippen LogP contribution in [0.5, 0.6) is 0 Å². The first kappa shape index (κ1) is 24.3. The standard InChI is InChI=1S/C29H25ClN2O3S/c1-19-6-5-9-27(28(19)20-10-13-23(30)14-11-20)29(33)31-24-15-12-21-16-25(18-22(21)17-24)32-36(34,35)26-7-3-2-4-8-26/h2-15,17,25,32H,16,18H2,1H3,(H,31,33). The molecule has 0 bridgehead atoms. The third-order valence-corrected chi connectivity index (χ3v) is 8.21. The SMILES string of the molecule is Cc1cccc(C(=O)Nc2ccc3c(c2)CC(NS(=O)(=O)c2ccccc2)C3)c1-c1ccc(Cl)cc1. The van der Waals surface area contributed by atoms with Gasteiger partial charge in [-0.2, -0.15) is 0 Å². The molecule has 1 unspecified atom stereocenters. The van der Waals surface area contributed by atoms with E-state index in [4.69, 9.17) is 11.6 Å². The number of anilines is 1. The van der Waals surface area contributed by atoms with Gasteiger partial charge in [-0.05, 0) is 90.0 Å². The number of hydrogen-bond acceptors (Lipinski definition) is 3. The number of aryl methyl sites for hydroxylation is 1. The van der Waals surface area contributed by atoms with E-state index in [2.05, 4.69) is 10.0 Å². The second-order valence-electron chi connectivity index (χ2n) is 8.98. The molecule has 0 saturated heterocycles. The maximum Gasteiger partial charge on any atom is 0.256 e. The van der Waals surface area contributed by atoms with Crippen LogP contribution in [0.25, 0.3) is 11.1 Å². The molecular weight excluding hydrogens is 492 g/mol. The van der Waals surface area contributed by atoms with Crippen LogP contribution in [0.1, 0.15) is 27.0 Å². The molecule has 4 aromatic rings. The summed E-state index contributed by atoms with van der Waals surface area (Å²) in [6, 6.07) is 27.0. The summed E-state index contributed by atoms with van der Waals surface area (Å²) < 4.78 is 28.3. The van der Waals surface area contributed by atoms with Crippen molar-refractivity contribution in [1.29, 1.82) is 0 Å². The predicted molar refractivity (Wildman–Crippen MR) is 144 cm³/mol. The van der Waals surface area contributed by atoms with Crippen molar-refractivity contribution in [2.24, 2.45) is 0 Å². The largest absolute Gasteiger partial charge is 0.322 e. The van der Waals surface area contributed by atoms with Crippen LogP contribution in [0.3, 0.4) is 0 Å². The van der Waals surface area contributed by atoms with Gasteiger partial charge in [0.05, 0.1) is 4.90 Å². The van der Waals surface area contributed by atoms with E-state index < -0.39 is 10.0 Å². The van der Waals surface area contributed by atoms with Gasteiger partial charge < -0.3 is 5.32 Å². The quantitative estimate of drug-likeness (QED) is 0.329. The molecule has 1 aliphatic rings. The van der Waals surface area contributed by atoms with Gasteiger partial charge in [0.2, 0.25) is 10.0 Å². The van der Waals surface area contributed by atoms with Crippen molar-refractivity contribution in [2.45, 2.75) is 30.7 Å². The Balaban J connectivity index is 1.33. The lowest BCUT2D eigenvalue weighted by molar-refractivity contribution is 0.102. The van der Waals surface area contributed by atoms with Crippen LogP contribution in [0.15, 0.2) is 95.9 Å². The molecule has 0 fully saturated rings. The minimum absolute atomic E-state index is 0.206. The maximum absolute atomic E-state index is 13.3. The highest BCUT2D eigenvalue weighted by molar-refractivity contribution is 7.89. The van der Waals surface area contributed by atoms with Crippen LogP contribution in [0.2, 0.25) is 5.02 Å². The van der Waals surface area contributed by atoms with Crippen LogP contribution in [0.4, 0.5) is 5.69 Å². The Morgan fingerprint density at radius 1 is 0.861 bits per heavy atom. The van der Waals surface area contributed by atoms with Crippen molar-refractivity contribution < 1.29 is 13.2 Å². The molecule has 0 aliphatic heterocycles. The van der Waals surface area contributed by atoms with Gasteiger partial charge in [0.1, 0.15) is 0 Å². The Morgan fingerprint density at radius 2 is 1.58 bits per heavy atom. The average molecular weight is 517 g/mol. The molecule has 0 saturated carbocycles. The first-order valence-electron chi connectivity index (χ1n) is 11.7. The number of amides is 1. The lowest BCUT2D eigenvalue weighted by atomic mass is 9.94. The Labute approximate surface area is 216 Å². The number of nitrogens with one attached hydrogen (secondary N) is 2. The van der Waals surface area contributed by atoms with E-state index >= 15 is 0 Å². The second-order valence-corrected chi connectivity index (χ2v) is 11.1. The predicted octanol–water partition coefficient (Wildman–Crippen LogP) is 6.01. The van der Waals surface area contributed by atoms with E-state index in [1.54, 1.807) is 30.3 Å². The van der Waals surface area contributed by atoms with Crippen molar-refractivity contribution in [2.75, 3.05) is 5.32 Å². The second kappa shape index (κ2) is 9.90. The number of fused-ring (bicyclic) bond motifs is 1. The number of hydrogen-bond donors (Lipinski definition) is 2. The van der Waals surface area contributed by atoms with Gasteiger partial charge in [-0.15, -0.1) is 0 Å². The lowest BCUT2D eigenvalue weighted by Gasteiger charge is -2.14. The number of rotatable bonds is 6. The molecule has 1 aliphatic carbocycles. The Morgan fingerprint density at radius 3 is 2.33 bits per heavy atom. The summed E-state index contributed by atoms with van der Waals surface area (Å²) in [5, 5.41) is 3.66. The van der Waals surface area contributed by atoms with Gasteiger partial charge in [-0.1, -0.05) is 60.1 Å². The molecule has 0 radical (unpaired) electrons. The maximum atomic E-state index is 13.3. The Bertz CT molecular complexity index is 1540. The molecule has 182 valence electrons. The van der Waals surface area contributed by atoms with E-state index in [9.17, 15) is 13.2 Å². The Hall–Kier alpha value is -3.45. The number of benzene rings is 4. The molecule has 5 rings (SSSR count). The average Bonchev–Trinajstić information content (AvgIpc) is 3.26. The summed E-state index contributed by atoms with van der Waals surface area (Å²) in [5.74, 6) is -0.206. The van der Waals surface area contributed by atoms with Gasteiger partial charge in [0, 0.05) is 22.3 Å². The zero-order valence-corrected chi connectivity index (χ0v) is 21.2. The van der Waals surface area contributed by atoms with Gasteiger partial charge >= 0.3 is 0 Å². The van der Waals surface area contributed by atoms with Crippen LogP contribution < -0.4 is 10.0 Å². The summed E-state index contributed by atoms with van der Waals surface area (Å²) in [6.45, 7) is 1.98. The number of halogens is 1. The fraction of sp³-hybridized carbons (Fsp3) is 0.138. The highest BCUT2D eigenvalue weighted by Crippen LogP contribution is 2.31.